The number of aliphatic hydroxyl groups excluding tert-OH is 1. The maximum absolute atomic E-state index is 12.6. The van der Waals surface area contributed by atoms with Crippen molar-refractivity contribution in [2.45, 2.75) is 43.2 Å². The van der Waals surface area contributed by atoms with Gasteiger partial charge in [0.1, 0.15) is 0 Å². The van der Waals surface area contributed by atoms with Crippen LogP contribution in [0.4, 0.5) is 0 Å². The Morgan fingerprint density at radius 1 is 0.932 bits per heavy atom. The maximum atomic E-state index is 12.6. The molecule has 0 aliphatic carbocycles. The summed E-state index contributed by atoms with van der Waals surface area (Å²) < 4.78 is 15.1. The van der Waals surface area contributed by atoms with Gasteiger partial charge in [0.25, 0.3) is 5.91 Å². The maximum Gasteiger partial charge on any atom is 0.251 e. The summed E-state index contributed by atoms with van der Waals surface area (Å²) in [7, 11) is 1.99. The molecule has 1 amide bonds. The third kappa shape index (κ3) is 7.11. The van der Waals surface area contributed by atoms with Gasteiger partial charge in [0.05, 0.1) is 18.8 Å². The van der Waals surface area contributed by atoms with E-state index in [4.69, 9.17) is 9.47 Å². The zero-order chi connectivity index (χ0) is 30.3. The van der Waals surface area contributed by atoms with Crippen LogP contribution in [0.5, 0.6) is 0 Å². The topological polar surface area (TPSA) is 85.6 Å². The fraction of sp³-hybridized carbons (Fsp3) is 0.222. The molecule has 2 N–H and O–H groups in total. The lowest BCUT2D eigenvalue weighted by molar-refractivity contribution is -0.245. The summed E-state index contributed by atoms with van der Waals surface area (Å²) in [5, 5.41) is 13.5. The normalized spacial score (nSPS) is 18.2. The number of thioether (sulfide) groups is 1. The second-order valence-electron chi connectivity index (χ2n) is 10.8. The molecule has 0 spiro atoms. The van der Waals surface area contributed by atoms with E-state index in [1.165, 1.54) is 0 Å². The third-order valence-electron chi connectivity index (χ3n) is 7.78. The lowest BCUT2D eigenvalue weighted by Gasteiger charge is -2.36. The van der Waals surface area contributed by atoms with Crippen molar-refractivity contribution in [1.29, 1.82) is 0 Å². The van der Waals surface area contributed by atoms with E-state index >= 15 is 0 Å². The zero-order valence-corrected chi connectivity index (χ0v) is 25.3. The lowest BCUT2D eigenvalue weighted by atomic mass is 9.97. The highest BCUT2D eigenvalue weighted by Crippen LogP contribution is 2.40. The average Bonchev–Trinajstić information content (AvgIpc) is 3.51. The SMILES string of the molecule is Cn1ccnc1SC[C@H]1C[C@@H](c2ccc(CO)cc2)O[C@@H](c2ccc(-c3ccccc3CNC(=O)c3ccccc3)cc2)O1. The summed E-state index contributed by atoms with van der Waals surface area (Å²) in [6, 6.07) is 33.6. The number of carbonyl (C=O) groups is 1. The van der Waals surface area contributed by atoms with Crippen LogP contribution in [0.25, 0.3) is 11.1 Å². The molecule has 1 aliphatic rings. The van der Waals surface area contributed by atoms with Crippen molar-refractivity contribution in [2.75, 3.05) is 5.75 Å². The number of benzene rings is 4. The number of nitrogens with zero attached hydrogens (tertiary/aromatic N) is 2. The number of imidazole rings is 1. The minimum absolute atomic E-state index is 0.00927. The number of amides is 1. The predicted molar refractivity (Wildman–Crippen MR) is 172 cm³/mol. The summed E-state index contributed by atoms with van der Waals surface area (Å²) in [5.41, 5.74) is 6.65. The summed E-state index contributed by atoms with van der Waals surface area (Å²) in [6.45, 7) is 0.432. The van der Waals surface area contributed by atoms with E-state index in [-0.39, 0.29) is 24.7 Å². The molecule has 1 aromatic heterocycles. The molecule has 4 aromatic carbocycles. The molecular formula is C36H35N3O4S. The van der Waals surface area contributed by atoms with Gasteiger partial charge in [0, 0.05) is 49.3 Å². The van der Waals surface area contributed by atoms with Gasteiger partial charge in [-0.15, -0.1) is 0 Å². The van der Waals surface area contributed by atoms with Crippen molar-refractivity contribution in [3.8, 4) is 11.1 Å². The smallest absolute Gasteiger partial charge is 0.251 e. The zero-order valence-electron chi connectivity index (χ0n) is 24.5. The minimum atomic E-state index is -0.535. The first-order valence-electron chi connectivity index (χ1n) is 14.7. The van der Waals surface area contributed by atoms with E-state index in [0.29, 0.717) is 18.5 Å². The Bertz CT molecular complexity index is 1670. The monoisotopic (exact) mass is 605 g/mol. The average molecular weight is 606 g/mol. The van der Waals surface area contributed by atoms with Crippen LogP contribution in [-0.2, 0) is 29.7 Å². The Kier molecular flexibility index (Phi) is 9.53. The van der Waals surface area contributed by atoms with E-state index in [1.54, 1.807) is 18.0 Å². The largest absolute Gasteiger partial charge is 0.392 e. The molecule has 1 saturated heterocycles. The highest BCUT2D eigenvalue weighted by atomic mass is 32.2. The number of nitrogens with one attached hydrogen (secondary N) is 1. The van der Waals surface area contributed by atoms with Gasteiger partial charge in [-0.25, -0.2) is 4.98 Å². The Morgan fingerprint density at radius 2 is 1.66 bits per heavy atom. The second-order valence-corrected chi connectivity index (χ2v) is 11.8. The highest BCUT2D eigenvalue weighted by Gasteiger charge is 2.32. The van der Waals surface area contributed by atoms with E-state index in [9.17, 15) is 9.90 Å². The van der Waals surface area contributed by atoms with Crippen molar-refractivity contribution >= 4 is 17.7 Å². The number of hydrogen-bond acceptors (Lipinski definition) is 6. The Morgan fingerprint density at radius 3 is 2.39 bits per heavy atom. The standard InChI is InChI=1S/C36H35N3O4S/c1-39-20-19-37-36(39)44-24-31-21-33(27-13-11-25(23-40)12-14-27)43-35(42-31)29-17-15-26(16-18-29)32-10-6-5-9-30(32)22-38-34(41)28-7-3-2-4-8-28/h2-20,31,33,35,40H,21-24H2,1H3,(H,38,41)/t31-,33+,35+/m1/s1. The molecule has 5 aromatic rings. The summed E-state index contributed by atoms with van der Waals surface area (Å²) in [6.07, 6.45) is 3.73. The van der Waals surface area contributed by atoms with Gasteiger partial charge in [-0.2, -0.15) is 0 Å². The summed E-state index contributed by atoms with van der Waals surface area (Å²) in [5.74, 6) is 0.648. The number of ether oxygens (including phenoxy) is 2. The fourth-order valence-corrected chi connectivity index (χ4v) is 6.27. The van der Waals surface area contributed by atoms with Crippen molar-refractivity contribution in [3.05, 3.63) is 143 Å². The van der Waals surface area contributed by atoms with Gasteiger partial charge < -0.3 is 24.5 Å². The quantitative estimate of drug-likeness (QED) is 0.170. The fourth-order valence-electron chi connectivity index (χ4n) is 5.32. The molecule has 2 heterocycles. The van der Waals surface area contributed by atoms with E-state index in [2.05, 4.69) is 40.6 Å². The minimum Gasteiger partial charge on any atom is -0.392 e. The van der Waals surface area contributed by atoms with Crippen molar-refractivity contribution < 1.29 is 19.4 Å². The third-order valence-corrected chi connectivity index (χ3v) is 8.97. The summed E-state index contributed by atoms with van der Waals surface area (Å²) >= 11 is 1.68. The van der Waals surface area contributed by atoms with Crippen LogP contribution in [0.1, 0.15) is 51.4 Å². The number of aromatic nitrogens is 2. The first-order chi connectivity index (χ1) is 21.6. The molecular weight excluding hydrogens is 570 g/mol. The lowest BCUT2D eigenvalue weighted by Crippen LogP contribution is -2.31. The van der Waals surface area contributed by atoms with Crippen LogP contribution < -0.4 is 5.32 Å². The van der Waals surface area contributed by atoms with Crippen LogP contribution >= 0.6 is 11.8 Å². The number of hydrogen-bond donors (Lipinski definition) is 2. The van der Waals surface area contributed by atoms with Crippen molar-refractivity contribution in [1.82, 2.24) is 14.9 Å². The van der Waals surface area contributed by atoms with Gasteiger partial charge >= 0.3 is 0 Å². The Balaban J connectivity index is 1.19. The Hall–Kier alpha value is -4.21. The molecule has 1 fully saturated rings. The molecule has 44 heavy (non-hydrogen) atoms. The molecule has 224 valence electrons. The molecule has 6 rings (SSSR count). The molecule has 0 saturated carbocycles. The van der Waals surface area contributed by atoms with Crippen LogP contribution in [0.3, 0.4) is 0 Å². The Labute approximate surface area is 261 Å². The van der Waals surface area contributed by atoms with Crippen LogP contribution in [-0.4, -0.2) is 32.4 Å². The van der Waals surface area contributed by atoms with Crippen molar-refractivity contribution in [2.24, 2.45) is 7.05 Å². The van der Waals surface area contributed by atoms with Gasteiger partial charge in [-0.3, -0.25) is 4.79 Å². The van der Waals surface area contributed by atoms with Gasteiger partial charge in [0.15, 0.2) is 11.4 Å². The molecule has 0 bridgehead atoms. The number of carbonyl (C=O) groups excluding carboxylic acids is 1. The second kappa shape index (κ2) is 14.1. The van der Waals surface area contributed by atoms with Crippen molar-refractivity contribution in [3.63, 3.8) is 0 Å². The van der Waals surface area contributed by atoms with E-state index in [0.717, 1.165) is 44.3 Å². The molecule has 0 radical (unpaired) electrons. The van der Waals surface area contributed by atoms with Crippen LogP contribution in [0, 0.1) is 0 Å². The first kappa shape index (κ1) is 29.8. The molecule has 7 nitrogen and oxygen atoms in total. The molecule has 3 atom stereocenters. The molecule has 0 unspecified atom stereocenters. The van der Waals surface area contributed by atoms with Gasteiger partial charge in [0.2, 0.25) is 0 Å². The molecule has 8 heteroatoms. The predicted octanol–water partition coefficient (Wildman–Crippen LogP) is 6.85. The van der Waals surface area contributed by atoms with Crippen LogP contribution in [0.2, 0.25) is 0 Å². The highest BCUT2D eigenvalue weighted by molar-refractivity contribution is 7.99. The summed E-state index contributed by atoms with van der Waals surface area (Å²) in [4.78, 5) is 17.1. The number of aliphatic hydroxyl groups is 1. The van der Waals surface area contributed by atoms with Gasteiger partial charge in [-0.1, -0.05) is 103 Å². The van der Waals surface area contributed by atoms with E-state index < -0.39 is 6.29 Å². The number of rotatable bonds is 10. The number of aryl methyl sites for hydroxylation is 1. The van der Waals surface area contributed by atoms with Gasteiger partial charge in [-0.05, 0) is 39.9 Å². The molecule has 1 aliphatic heterocycles. The van der Waals surface area contributed by atoms with Crippen LogP contribution in [0.15, 0.2) is 121 Å². The van der Waals surface area contributed by atoms with E-state index in [1.807, 2.05) is 90.6 Å². The first-order valence-corrected chi connectivity index (χ1v) is 15.7.